The molecule has 1 aliphatic heterocycles. The Morgan fingerprint density at radius 3 is 2.70 bits per heavy atom. The molecule has 108 valence electrons. The molecule has 2 heterocycles. The van der Waals surface area contributed by atoms with Crippen molar-refractivity contribution >= 4 is 32.4 Å². The quantitative estimate of drug-likeness (QED) is 0.942. The van der Waals surface area contributed by atoms with E-state index in [1.54, 1.807) is 14.2 Å². The Morgan fingerprint density at radius 2 is 2.05 bits per heavy atom. The SMILES string of the molecule is COc1ccc(N2CCC(OC)CC2)c2sc(N)nc12. The maximum absolute atomic E-state index is 5.87. The molecular weight excluding hydrogens is 274 g/mol. The Hall–Kier alpha value is -1.53. The molecule has 0 unspecified atom stereocenters. The monoisotopic (exact) mass is 293 g/mol. The Kier molecular flexibility index (Phi) is 3.67. The first-order valence-electron chi connectivity index (χ1n) is 6.73. The van der Waals surface area contributed by atoms with Crippen LogP contribution in [-0.4, -0.2) is 38.4 Å². The molecule has 2 aromatic rings. The fraction of sp³-hybridized carbons (Fsp3) is 0.500. The van der Waals surface area contributed by atoms with E-state index in [-0.39, 0.29) is 0 Å². The molecule has 1 aromatic heterocycles. The molecule has 0 aliphatic carbocycles. The molecule has 1 saturated heterocycles. The molecule has 20 heavy (non-hydrogen) atoms. The number of nitrogens with two attached hydrogens (primary N) is 1. The third-order valence-electron chi connectivity index (χ3n) is 3.84. The number of aromatic nitrogens is 1. The Bertz CT molecular complexity index is 606. The zero-order chi connectivity index (χ0) is 14.1. The van der Waals surface area contributed by atoms with Crippen LogP contribution in [0.4, 0.5) is 10.8 Å². The van der Waals surface area contributed by atoms with E-state index in [9.17, 15) is 0 Å². The van der Waals surface area contributed by atoms with Gasteiger partial charge >= 0.3 is 0 Å². The highest BCUT2D eigenvalue weighted by molar-refractivity contribution is 7.22. The van der Waals surface area contributed by atoms with Crippen LogP contribution in [0.1, 0.15) is 12.8 Å². The average molecular weight is 293 g/mol. The third kappa shape index (κ3) is 2.29. The van der Waals surface area contributed by atoms with Crippen molar-refractivity contribution in [1.82, 2.24) is 4.98 Å². The van der Waals surface area contributed by atoms with Crippen LogP contribution in [0.15, 0.2) is 12.1 Å². The molecule has 6 heteroatoms. The summed E-state index contributed by atoms with van der Waals surface area (Å²) >= 11 is 1.52. The normalized spacial score (nSPS) is 16.8. The van der Waals surface area contributed by atoms with Gasteiger partial charge in [-0.1, -0.05) is 11.3 Å². The maximum atomic E-state index is 5.87. The fourth-order valence-corrected chi connectivity index (χ4v) is 3.62. The number of anilines is 2. The summed E-state index contributed by atoms with van der Waals surface area (Å²) in [6.07, 6.45) is 2.49. The van der Waals surface area contributed by atoms with Gasteiger partial charge in [-0.3, -0.25) is 0 Å². The molecule has 3 rings (SSSR count). The summed E-state index contributed by atoms with van der Waals surface area (Å²) in [5.74, 6) is 0.781. The molecular formula is C14H19N3O2S. The summed E-state index contributed by atoms with van der Waals surface area (Å²) in [4.78, 5) is 6.77. The Balaban J connectivity index is 1.96. The lowest BCUT2D eigenvalue weighted by atomic mass is 10.1. The highest BCUT2D eigenvalue weighted by Crippen LogP contribution is 2.39. The van der Waals surface area contributed by atoms with E-state index >= 15 is 0 Å². The lowest BCUT2D eigenvalue weighted by Gasteiger charge is -2.33. The summed E-state index contributed by atoms with van der Waals surface area (Å²) in [6.45, 7) is 2.00. The lowest BCUT2D eigenvalue weighted by Crippen LogP contribution is -2.36. The van der Waals surface area contributed by atoms with Crippen LogP contribution in [0.25, 0.3) is 10.2 Å². The van der Waals surface area contributed by atoms with Gasteiger partial charge in [-0.2, -0.15) is 0 Å². The summed E-state index contributed by atoms with van der Waals surface area (Å²) < 4.78 is 11.9. The zero-order valence-corrected chi connectivity index (χ0v) is 12.6. The number of hydrogen-bond acceptors (Lipinski definition) is 6. The van der Waals surface area contributed by atoms with Crippen molar-refractivity contribution in [2.75, 3.05) is 37.9 Å². The van der Waals surface area contributed by atoms with Crippen LogP contribution in [-0.2, 0) is 4.74 Å². The minimum atomic E-state index is 0.381. The molecule has 1 fully saturated rings. The number of ether oxygens (including phenoxy) is 2. The molecule has 0 atom stereocenters. The number of nitrogens with zero attached hydrogens (tertiary/aromatic N) is 2. The Morgan fingerprint density at radius 1 is 1.30 bits per heavy atom. The second-order valence-corrected chi connectivity index (χ2v) is 5.97. The van der Waals surface area contributed by atoms with Crippen molar-refractivity contribution < 1.29 is 9.47 Å². The highest BCUT2D eigenvalue weighted by Gasteiger charge is 2.22. The van der Waals surface area contributed by atoms with Gasteiger partial charge in [-0.15, -0.1) is 0 Å². The molecule has 0 amide bonds. The van der Waals surface area contributed by atoms with Gasteiger partial charge in [0.1, 0.15) is 11.3 Å². The van der Waals surface area contributed by atoms with Crippen molar-refractivity contribution in [2.24, 2.45) is 0 Å². The number of thiazole rings is 1. The largest absolute Gasteiger partial charge is 0.494 e. The number of benzene rings is 1. The van der Waals surface area contributed by atoms with Crippen LogP contribution in [0, 0.1) is 0 Å². The van der Waals surface area contributed by atoms with Crippen LogP contribution in [0.2, 0.25) is 0 Å². The average Bonchev–Trinajstić information content (AvgIpc) is 2.87. The van der Waals surface area contributed by atoms with E-state index in [1.165, 1.54) is 17.0 Å². The summed E-state index contributed by atoms with van der Waals surface area (Å²) in [5.41, 5.74) is 7.93. The first-order chi connectivity index (χ1) is 9.72. The number of hydrogen-bond donors (Lipinski definition) is 1. The van der Waals surface area contributed by atoms with E-state index in [1.807, 2.05) is 6.07 Å². The van der Waals surface area contributed by atoms with Crippen molar-refractivity contribution in [2.45, 2.75) is 18.9 Å². The van der Waals surface area contributed by atoms with Gasteiger partial charge in [0.05, 0.1) is 23.6 Å². The van der Waals surface area contributed by atoms with E-state index in [4.69, 9.17) is 15.2 Å². The second kappa shape index (κ2) is 5.46. The number of methoxy groups -OCH3 is 2. The minimum Gasteiger partial charge on any atom is -0.494 e. The number of rotatable bonds is 3. The zero-order valence-electron chi connectivity index (χ0n) is 11.8. The predicted molar refractivity (Wildman–Crippen MR) is 82.8 cm³/mol. The van der Waals surface area contributed by atoms with Crippen molar-refractivity contribution in [3.05, 3.63) is 12.1 Å². The van der Waals surface area contributed by atoms with Gasteiger partial charge in [0.25, 0.3) is 0 Å². The topological polar surface area (TPSA) is 60.6 Å². The molecule has 0 spiro atoms. The first-order valence-corrected chi connectivity index (χ1v) is 7.55. The lowest BCUT2D eigenvalue weighted by molar-refractivity contribution is 0.0819. The van der Waals surface area contributed by atoms with Crippen molar-refractivity contribution in [3.8, 4) is 5.75 Å². The molecule has 1 aromatic carbocycles. The number of piperidine rings is 1. The van der Waals surface area contributed by atoms with Crippen LogP contribution < -0.4 is 15.4 Å². The standard InChI is InChI=1S/C14H19N3O2S/c1-18-9-5-7-17(8-6-9)10-3-4-11(19-2)12-13(10)20-14(15)16-12/h3-4,9H,5-8H2,1-2H3,(H2,15,16). The van der Waals surface area contributed by atoms with Gasteiger partial charge in [-0.25, -0.2) is 4.98 Å². The molecule has 0 bridgehead atoms. The third-order valence-corrected chi connectivity index (χ3v) is 4.75. The van der Waals surface area contributed by atoms with Crippen LogP contribution in [0.5, 0.6) is 5.75 Å². The van der Waals surface area contributed by atoms with E-state index in [2.05, 4.69) is 16.0 Å². The molecule has 0 radical (unpaired) electrons. The molecule has 2 N–H and O–H groups in total. The summed E-state index contributed by atoms with van der Waals surface area (Å²) in [6, 6.07) is 4.07. The maximum Gasteiger partial charge on any atom is 0.181 e. The van der Waals surface area contributed by atoms with Gasteiger partial charge in [-0.05, 0) is 25.0 Å². The summed E-state index contributed by atoms with van der Waals surface area (Å²) in [7, 11) is 3.45. The van der Waals surface area contributed by atoms with Gasteiger partial charge < -0.3 is 20.1 Å². The number of nitrogen functional groups attached to an aromatic ring is 1. The minimum absolute atomic E-state index is 0.381. The van der Waals surface area contributed by atoms with Gasteiger partial charge in [0.15, 0.2) is 5.13 Å². The highest BCUT2D eigenvalue weighted by atomic mass is 32.1. The van der Waals surface area contributed by atoms with E-state index in [0.29, 0.717) is 11.2 Å². The van der Waals surface area contributed by atoms with Gasteiger partial charge in [0.2, 0.25) is 0 Å². The molecule has 1 aliphatic rings. The molecule has 5 nitrogen and oxygen atoms in total. The fourth-order valence-electron chi connectivity index (χ4n) is 2.73. The van der Waals surface area contributed by atoms with Crippen molar-refractivity contribution in [3.63, 3.8) is 0 Å². The predicted octanol–water partition coefficient (Wildman–Crippen LogP) is 2.50. The van der Waals surface area contributed by atoms with Crippen LogP contribution >= 0.6 is 11.3 Å². The van der Waals surface area contributed by atoms with Crippen molar-refractivity contribution in [1.29, 1.82) is 0 Å². The first kappa shape index (κ1) is 13.5. The molecule has 0 saturated carbocycles. The van der Waals surface area contributed by atoms with Gasteiger partial charge in [0, 0.05) is 20.2 Å². The second-order valence-electron chi connectivity index (χ2n) is 4.94. The van der Waals surface area contributed by atoms with Crippen LogP contribution in [0.3, 0.4) is 0 Å². The summed E-state index contributed by atoms with van der Waals surface area (Å²) in [5, 5.41) is 0.581. The van der Waals surface area contributed by atoms with E-state index in [0.717, 1.165) is 41.9 Å². The smallest absolute Gasteiger partial charge is 0.181 e. The number of fused-ring (bicyclic) bond motifs is 1. The van der Waals surface area contributed by atoms with E-state index < -0.39 is 0 Å². The Labute approximate surface area is 122 Å².